The van der Waals surface area contributed by atoms with Gasteiger partial charge in [-0.25, -0.2) is 21.6 Å². The summed E-state index contributed by atoms with van der Waals surface area (Å²) in [4.78, 5) is 0.212. The van der Waals surface area contributed by atoms with Crippen molar-refractivity contribution in [2.24, 2.45) is 0 Å². The van der Waals surface area contributed by atoms with Crippen molar-refractivity contribution in [1.82, 2.24) is 9.03 Å². The van der Waals surface area contributed by atoms with Gasteiger partial charge in [0.25, 0.3) is 0 Å². The molecular formula is C15H24N2O4S2. The van der Waals surface area contributed by atoms with Gasteiger partial charge in [-0.1, -0.05) is 26.7 Å². The van der Waals surface area contributed by atoms with Gasteiger partial charge in [0.2, 0.25) is 20.0 Å². The average Bonchev–Trinajstić information content (AvgIpc) is 3.00. The molecule has 0 radical (unpaired) electrons. The number of rotatable bonds is 7. The van der Waals surface area contributed by atoms with Crippen LogP contribution < -0.4 is 4.72 Å². The number of sulfonamides is 2. The molecule has 8 heteroatoms. The molecule has 2 rings (SSSR count). The third-order valence-electron chi connectivity index (χ3n) is 4.15. The molecule has 0 heterocycles. The highest BCUT2D eigenvalue weighted by Gasteiger charge is 2.25. The van der Waals surface area contributed by atoms with Crippen LogP contribution in [0.4, 0.5) is 0 Å². The second-order valence-corrected chi connectivity index (χ2v) is 9.32. The first-order valence-electron chi connectivity index (χ1n) is 7.93. The molecular weight excluding hydrogens is 336 g/mol. The van der Waals surface area contributed by atoms with E-state index in [0.717, 1.165) is 25.7 Å². The van der Waals surface area contributed by atoms with Crippen molar-refractivity contribution < 1.29 is 16.8 Å². The Morgan fingerprint density at radius 1 is 0.957 bits per heavy atom. The van der Waals surface area contributed by atoms with E-state index in [1.54, 1.807) is 13.8 Å². The zero-order valence-corrected chi connectivity index (χ0v) is 15.2. The largest absolute Gasteiger partial charge is 0.243 e. The summed E-state index contributed by atoms with van der Waals surface area (Å²) in [5.41, 5.74) is 0. The standard InChI is InChI=1S/C15H24N2O4S2/c1-3-17(4-2)23(20,21)15-11-9-14(10-12-15)22(18,19)16-13-7-5-6-8-13/h9-13,16H,3-8H2,1-2H3. The number of benzene rings is 1. The van der Waals surface area contributed by atoms with Crippen molar-refractivity contribution >= 4 is 20.0 Å². The van der Waals surface area contributed by atoms with E-state index in [1.807, 2.05) is 0 Å². The Morgan fingerprint density at radius 2 is 1.43 bits per heavy atom. The highest BCUT2D eigenvalue weighted by molar-refractivity contribution is 7.89. The average molecular weight is 361 g/mol. The van der Waals surface area contributed by atoms with E-state index >= 15 is 0 Å². The van der Waals surface area contributed by atoms with Crippen LogP contribution in [0.3, 0.4) is 0 Å². The van der Waals surface area contributed by atoms with E-state index in [-0.39, 0.29) is 15.8 Å². The molecule has 0 aliphatic heterocycles. The smallest absolute Gasteiger partial charge is 0.208 e. The molecule has 1 saturated carbocycles. The summed E-state index contributed by atoms with van der Waals surface area (Å²) in [5.74, 6) is 0. The topological polar surface area (TPSA) is 83.6 Å². The van der Waals surface area contributed by atoms with E-state index in [9.17, 15) is 16.8 Å². The molecule has 0 spiro atoms. The lowest BCUT2D eigenvalue weighted by Crippen LogP contribution is -2.33. The third-order valence-corrected chi connectivity index (χ3v) is 7.75. The second kappa shape index (κ2) is 7.29. The molecule has 0 atom stereocenters. The van der Waals surface area contributed by atoms with Crippen LogP contribution in [0.25, 0.3) is 0 Å². The highest BCUT2D eigenvalue weighted by atomic mass is 32.2. The van der Waals surface area contributed by atoms with Crippen molar-refractivity contribution in [2.75, 3.05) is 13.1 Å². The van der Waals surface area contributed by atoms with Crippen molar-refractivity contribution in [3.05, 3.63) is 24.3 Å². The third kappa shape index (κ3) is 4.12. The van der Waals surface area contributed by atoms with Crippen LogP contribution in [-0.2, 0) is 20.0 Å². The molecule has 0 amide bonds. The SMILES string of the molecule is CCN(CC)S(=O)(=O)c1ccc(S(=O)(=O)NC2CCCC2)cc1. The van der Waals surface area contributed by atoms with Crippen molar-refractivity contribution in [3.8, 4) is 0 Å². The van der Waals surface area contributed by atoms with Crippen molar-refractivity contribution in [3.63, 3.8) is 0 Å². The Balaban J connectivity index is 2.21. The predicted molar refractivity (Wildman–Crippen MR) is 89.1 cm³/mol. The summed E-state index contributed by atoms with van der Waals surface area (Å²) in [6.07, 6.45) is 3.78. The lowest BCUT2D eigenvalue weighted by Gasteiger charge is -2.18. The Kier molecular flexibility index (Phi) is 5.83. The van der Waals surface area contributed by atoms with Crippen LogP contribution in [0.2, 0.25) is 0 Å². The van der Waals surface area contributed by atoms with E-state index < -0.39 is 20.0 Å². The van der Waals surface area contributed by atoms with Gasteiger partial charge in [-0.15, -0.1) is 0 Å². The number of nitrogens with zero attached hydrogens (tertiary/aromatic N) is 1. The van der Waals surface area contributed by atoms with E-state index in [4.69, 9.17) is 0 Å². The molecule has 0 unspecified atom stereocenters. The van der Waals surface area contributed by atoms with Gasteiger partial charge in [-0.05, 0) is 37.1 Å². The molecule has 1 aliphatic rings. The summed E-state index contributed by atoms with van der Waals surface area (Å²) >= 11 is 0. The lowest BCUT2D eigenvalue weighted by atomic mass is 10.3. The molecule has 0 bridgehead atoms. The molecule has 1 N–H and O–H groups in total. The maximum Gasteiger partial charge on any atom is 0.243 e. The molecule has 1 fully saturated rings. The fourth-order valence-corrected chi connectivity index (χ4v) is 5.60. The molecule has 1 aromatic carbocycles. The molecule has 6 nitrogen and oxygen atoms in total. The van der Waals surface area contributed by atoms with E-state index in [2.05, 4.69) is 4.72 Å². The van der Waals surface area contributed by atoms with Crippen molar-refractivity contribution in [2.45, 2.75) is 55.4 Å². The Bertz CT molecular complexity index is 717. The molecule has 0 aromatic heterocycles. The van der Waals surface area contributed by atoms with Gasteiger partial charge in [-0.3, -0.25) is 0 Å². The monoisotopic (exact) mass is 360 g/mol. The zero-order chi connectivity index (χ0) is 17.1. The second-order valence-electron chi connectivity index (χ2n) is 5.66. The summed E-state index contributed by atoms with van der Waals surface area (Å²) in [6, 6.07) is 5.41. The van der Waals surface area contributed by atoms with Crippen molar-refractivity contribution in [1.29, 1.82) is 0 Å². The minimum Gasteiger partial charge on any atom is -0.208 e. The fourth-order valence-electron chi connectivity index (χ4n) is 2.83. The maximum atomic E-state index is 12.4. The van der Waals surface area contributed by atoms with Crippen LogP contribution in [0, 0.1) is 0 Å². The number of nitrogens with one attached hydrogen (secondary N) is 1. The van der Waals surface area contributed by atoms with Crippen LogP contribution in [-0.4, -0.2) is 40.3 Å². The first-order valence-corrected chi connectivity index (χ1v) is 10.9. The fraction of sp³-hybridized carbons (Fsp3) is 0.600. The molecule has 23 heavy (non-hydrogen) atoms. The lowest BCUT2D eigenvalue weighted by molar-refractivity contribution is 0.445. The molecule has 130 valence electrons. The van der Waals surface area contributed by atoms with Crippen LogP contribution >= 0.6 is 0 Å². The van der Waals surface area contributed by atoms with Gasteiger partial charge >= 0.3 is 0 Å². The summed E-state index contributed by atoms with van der Waals surface area (Å²) < 4.78 is 53.5. The van der Waals surface area contributed by atoms with Gasteiger partial charge in [0.1, 0.15) is 0 Å². The van der Waals surface area contributed by atoms with E-state index in [1.165, 1.54) is 28.6 Å². The predicted octanol–water partition coefficient (Wildman–Crippen LogP) is 1.94. The summed E-state index contributed by atoms with van der Waals surface area (Å²) in [6.45, 7) is 4.29. The summed E-state index contributed by atoms with van der Waals surface area (Å²) in [7, 11) is -7.16. The molecule has 1 aliphatic carbocycles. The molecule has 1 aromatic rings. The highest BCUT2D eigenvalue weighted by Crippen LogP contribution is 2.22. The van der Waals surface area contributed by atoms with Gasteiger partial charge in [-0.2, -0.15) is 4.31 Å². The van der Waals surface area contributed by atoms with Crippen LogP contribution in [0.1, 0.15) is 39.5 Å². The van der Waals surface area contributed by atoms with Gasteiger partial charge < -0.3 is 0 Å². The van der Waals surface area contributed by atoms with Gasteiger partial charge in [0.05, 0.1) is 9.79 Å². The first-order chi connectivity index (χ1) is 10.8. The van der Waals surface area contributed by atoms with E-state index in [0.29, 0.717) is 13.1 Å². The Morgan fingerprint density at radius 3 is 1.91 bits per heavy atom. The zero-order valence-electron chi connectivity index (χ0n) is 13.5. The van der Waals surface area contributed by atoms with Crippen LogP contribution in [0.5, 0.6) is 0 Å². The Labute approximate surface area is 139 Å². The quantitative estimate of drug-likeness (QED) is 0.805. The Hall–Kier alpha value is -0.960. The molecule has 0 saturated heterocycles. The number of hydrogen-bond donors (Lipinski definition) is 1. The number of hydrogen-bond acceptors (Lipinski definition) is 4. The van der Waals surface area contributed by atoms with Gasteiger partial charge in [0, 0.05) is 19.1 Å². The van der Waals surface area contributed by atoms with Gasteiger partial charge in [0.15, 0.2) is 0 Å². The normalized spacial score (nSPS) is 17.0. The van der Waals surface area contributed by atoms with Crippen LogP contribution in [0.15, 0.2) is 34.1 Å². The maximum absolute atomic E-state index is 12.4. The minimum atomic E-state index is -3.60. The first kappa shape index (κ1) is 18.4. The minimum absolute atomic E-state index is 0.0147. The summed E-state index contributed by atoms with van der Waals surface area (Å²) in [5, 5.41) is 0.